The molecule has 0 aliphatic carbocycles. The van der Waals surface area contributed by atoms with E-state index in [0.29, 0.717) is 46.2 Å². The molecule has 272 valence electrons. The van der Waals surface area contributed by atoms with E-state index in [1.54, 1.807) is 36.4 Å². The normalized spacial score (nSPS) is 13.2. The van der Waals surface area contributed by atoms with Crippen LogP contribution in [0.5, 0.6) is 0 Å². The lowest BCUT2D eigenvalue weighted by Crippen LogP contribution is -2.16. The molecule has 0 unspecified atom stereocenters. The third-order valence-corrected chi connectivity index (χ3v) is 10.5. The van der Waals surface area contributed by atoms with Crippen LogP contribution in [0.4, 0.5) is 0 Å². The zero-order chi connectivity index (χ0) is 38.6. The van der Waals surface area contributed by atoms with Gasteiger partial charge in [-0.15, -0.1) is 0 Å². The van der Waals surface area contributed by atoms with E-state index < -0.39 is 0 Å². The first-order chi connectivity index (χ1) is 27.4. The standard InChI is InChI=1S/C51H40N2O3/c1-33-15-9-11-23-39(33)43-27-41(37-21-13-25-52-31-37)45(29-47(43)49(54)35-17-5-3-6-18-35)51(56)46-30-48(50(55)36-19-7-4-8-20-36)44(40-24-12-10-16-34(40)2)28-42(46)38-22-14-26-53-32-38/h3-20,23-32,52-53H,21-22H2,1-2H3. The Labute approximate surface area is 327 Å². The lowest BCUT2D eigenvalue weighted by atomic mass is 9.80. The van der Waals surface area contributed by atoms with Gasteiger partial charge in [0, 0.05) is 45.8 Å². The predicted molar refractivity (Wildman–Crippen MR) is 226 cm³/mol. The summed E-state index contributed by atoms with van der Waals surface area (Å²) in [4.78, 5) is 44.8. The molecule has 2 aliphatic heterocycles. The monoisotopic (exact) mass is 728 g/mol. The first kappa shape index (κ1) is 35.9. The van der Waals surface area contributed by atoms with Gasteiger partial charge < -0.3 is 10.6 Å². The second kappa shape index (κ2) is 15.7. The molecule has 8 rings (SSSR count). The van der Waals surface area contributed by atoms with Crippen molar-refractivity contribution < 1.29 is 14.4 Å². The van der Waals surface area contributed by atoms with Gasteiger partial charge in [0.15, 0.2) is 17.3 Å². The highest BCUT2D eigenvalue weighted by atomic mass is 16.1. The summed E-state index contributed by atoms with van der Waals surface area (Å²) in [6.45, 7) is 4.06. The summed E-state index contributed by atoms with van der Waals surface area (Å²) >= 11 is 0. The van der Waals surface area contributed by atoms with E-state index in [9.17, 15) is 9.59 Å². The summed E-state index contributed by atoms with van der Waals surface area (Å²) in [5.74, 6) is -0.642. The van der Waals surface area contributed by atoms with Gasteiger partial charge in [0.2, 0.25) is 0 Å². The van der Waals surface area contributed by atoms with Crippen molar-refractivity contribution in [2.45, 2.75) is 26.7 Å². The van der Waals surface area contributed by atoms with Gasteiger partial charge in [-0.05, 0) is 119 Å². The fraction of sp³-hybridized carbons (Fsp3) is 0.0784. The Morgan fingerprint density at radius 2 is 0.786 bits per heavy atom. The topological polar surface area (TPSA) is 75.3 Å². The maximum Gasteiger partial charge on any atom is 0.194 e. The number of ketones is 3. The van der Waals surface area contributed by atoms with E-state index in [0.717, 1.165) is 55.7 Å². The molecule has 0 radical (unpaired) electrons. The highest BCUT2D eigenvalue weighted by Gasteiger charge is 2.29. The molecule has 0 fully saturated rings. The van der Waals surface area contributed by atoms with Crippen LogP contribution in [0.25, 0.3) is 33.4 Å². The van der Waals surface area contributed by atoms with E-state index in [1.807, 2.05) is 148 Å². The quantitative estimate of drug-likeness (QED) is 0.137. The van der Waals surface area contributed by atoms with Crippen LogP contribution in [0.3, 0.4) is 0 Å². The Bertz CT molecular complexity index is 2460. The van der Waals surface area contributed by atoms with Gasteiger partial charge in [-0.3, -0.25) is 14.4 Å². The summed E-state index contributed by atoms with van der Waals surface area (Å²) in [5.41, 5.74) is 11.3. The van der Waals surface area contributed by atoms with Gasteiger partial charge in [-0.1, -0.05) is 121 Å². The van der Waals surface area contributed by atoms with Crippen LogP contribution in [0.1, 0.15) is 82.9 Å². The molecule has 2 aliphatic rings. The Balaban J connectivity index is 1.42. The summed E-state index contributed by atoms with van der Waals surface area (Å²) < 4.78 is 0. The molecule has 56 heavy (non-hydrogen) atoms. The average molecular weight is 729 g/mol. The summed E-state index contributed by atoms with van der Waals surface area (Å²) in [5, 5.41) is 6.44. The van der Waals surface area contributed by atoms with Crippen LogP contribution >= 0.6 is 0 Å². The predicted octanol–water partition coefficient (Wildman–Crippen LogP) is 11.0. The highest BCUT2D eigenvalue weighted by Crippen LogP contribution is 2.40. The molecular weight excluding hydrogens is 689 g/mol. The van der Waals surface area contributed by atoms with Crippen molar-refractivity contribution in [2.24, 2.45) is 0 Å². The van der Waals surface area contributed by atoms with Crippen molar-refractivity contribution in [1.29, 1.82) is 0 Å². The smallest absolute Gasteiger partial charge is 0.194 e. The Kier molecular flexibility index (Phi) is 10.1. The second-order valence-electron chi connectivity index (χ2n) is 14.1. The number of allylic oxidation sites excluding steroid dienone is 4. The van der Waals surface area contributed by atoms with Gasteiger partial charge in [0.25, 0.3) is 0 Å². The van der Waals surface area contributed by atoms with Crippen LogP contribution < -0.4 is 10.6 Å². The molecule has 5 nitrogen and oxygen atoms in total. The number of carbonyl (C=O) groups excluding carboxylic acids is 3. The van der Waals surface area contributed by atoms with E-state index in [1.165, 1.54) is 0 Å². The third kappa shape index (κ3) is 6.99. The maximum absolute atomic E-state index is 15.7. The fourth-order valence-corrected chi connectivity index (χ4v) is 7.61. The number of hydrogen-bond acceptors (Lipinski definition) is 5. The molecule has 2 heterocycles. The molecule has 0 spiro atoms. The lowest BCUT2D eigenvalue weighted by molar-refractivity contribution is 0.103. The number of benzene rings is 6. The second-order valence-corrected chi connectivity index (χ2v) is 14.1. The molecule has 0 bridgehead atoms. The van der Waals surface area contributed by atoms with Crippen molar-refractivity contribution in [1.82, 2.24) is 10.6 Å². The maximum atomic E-state index is 15.7. The Morgan fingerprint density at radius 3 is 1.16 bits per heavy atom. The van der Waals surface area contributed by atoms with E-state index >= 15 is 4.79 Å². The van der Waals surface area contributed by atoms with E-state index in [2.05, 4.69) is 10.6 Å². The zero-order valence-corrected chi connectivity index (χ0v) is 31.3. The summed E-state index contributed by atoms with van der Waals surface area (Å²) in [6.07, 6.45) is 12.8. The van der Waals surface area contributed by atoms with Crippen LogP contribution in [0.2, 0.25) is 0 Å². The van der Waals surface area contributed by atoms with Gasteiger partial charge >= 0.3 is 0 Å². The van der Waals surface area contributed by atoms with Crippen molar-refractivity contribution >= 4 is 28.5 Å². The number of carbonyl (C=O) groups is 3. The molecule has 0 atom stereocenters. The van der Waals surface area contributed by atoms with E-state index in [4.69, 9.17) is 0 Å². The van der Waals surface area contributed by atoms with Gasteiger partial charge in [0.05, 0.1) is 0 Å². The molecule has 5 heteroatoms. The molecule has 2 N–H and O–H groups in total. The van der Waals surface area contributed by atoms with Crippen molar-refractivity contribution in [3.8, 4) is 22.3 Å². The Morgan fingerprint density at radius 1 is 0.411 bits per heavy atom. The largest absolute Gasteiger partial charge is 0.368 e. The number of rotatable bonds is 10. The SMILES string of the molecule is Cc1ccccc1-c1cc(C2=CNC=CC2)c(C(=O)c2cc(C(=O)c3ccccc3)c(-c3ccccc3C)cc2C2=CNC=CC2)cc1C(=O)c1ccccc1. The lowest BCUT2D eigenvalue weighted by Gasteiger charge is -2.22. The van der Waals surface area contributed by atoms with Crippen LogP contribution in [0.15, 0.2) is 170 Å². The summed E-state index contributed by atoms with van der Waals surface area (Å²) in [7, 11) is 0. The molecule has 6 aromatic carbocycles. The molecule has 6 aromatic rings. The van der Waals surface area contributed by atoms with Gasteiger partial charge in [-0.2, -0.15) is 0 Å². The van der Waals surface area contributed by atoms with Gasteiger partial charge in [0.1, 0.15) is 0 Å². The van der Waals surface area contributed by atoms with E-state index in [-0.39, 0.29) is 17.3 Å². The number of aryl methyl sites for hydroxylation is 2. The fourth-order valence-electron chi connectivity index (χ4n) is 7.61. The molecular formula is C51H40N2O3. The minimum Gasteiger partial charge on any atom is -0.368 e. The van der Waals surface area contributed by atoms with Crippen molar-refractivity contribution in [3.05, 3.63) is 226 Å². The molecule has 0 saturated heterocycles. The van der Waals surface area contributed by atoms with Crippen LogP contribution in [-0.2, 0) is 0 Å². The van der Waals surface area contributed by atoms with Gasteiger partial charge in [-0.25, -0.2) is 0 Å². The van der Waals surface area contributed by atoms with Crippen molar-refractivity contribution in [3.63, 3.8) is 0 Å². The minimum atomic E-state index is -0.280. The molecule has 0 amide bonds. The number of dihydropyridines is 2. The zero-order valence-electron chi connectivity index (χ0n) is 31.3. The van der Waals surface area contributed by atoms with Crippen LogP contribution in [-0.4, -0.2) is 17.3 Å². The first-order valence-corrected chi connectivity index (χ1v) is 18.8. The average Bonchev–Trinajstić information content (AvgIpc) is 3.26. The number of nitrogens with one attached hydrogen (secondary N) is 2. The Hall–Kier alpha value is -7.11. The third-order valence-electron chi connectivity index (χ3n) is 10.5. The molecule has 0 aromatic heterocycles. The number of hydrogen-bond donors (Lipinski definition) is 2. The summed E-state index contributed by atoms with van der Waals surface area (Å²) in [6, 6.07) is 41.9. The van der Waals surface area contributed by atoms with Crippen LogP contribution in [0, 0.1) is 13.8 Å². The highest BCUT2D eigenvalue weighted by molar-refractivity contribution is 6.21. The minimum absolute atomic E-state index is 0.181. The van der Waals surface area contributed by atoms with Crippen molar-refractivity contribution in [2.75, 3.05) is 0 Å². The first-order valence-electron chi connectivity index (χ1n) is 18.8. The molecule has 0 saturated carbocycles.